The maximum atomic E-state index is 14.7. The van der Waals surface area contributed by atoms with Gasteiger partial charge >= 0.3 is 0 Å². The van der Waals surface area contributed by atoms with Crippen LogP contribution in [0, 0.1) is 11.6 Å². The number of pyridine rings is 1. The van der Waals surface area contributed by atoms with E-state index in [4.69, 9.17) is 4.74 Å². The summed E-state index contributed by atoms with van der Waals surface area (Å²) in [5, 5.41) is 23.4. The van der Waals surface area contributed by atoms with Gasteiger partial charge in [-0.05, 0) is 30.2 Å². The molecule has 9 nitrogen and oxygen atoms in total. The highest BCUT2D eigenvalue weighted by atomic mass is 19.1. The third-order valence-electron chi connectivity index (χ3n) is 5.60. The Kier molecular flexibility index (Phi) is 5.56. The monoisotopic (exact) mass is 454 g/mol. The summed E-state index contributed by atoms with van der Waals surface area (Å²) in [7, 11) is 0. The maximum Gasteiger partial charge on any atom is 0.272 e. The fourth-order valence-electron chi connectivity index (χ4n) is 3.89. The van der Waals surface area contributed by atoms with Gasteiger partial charge in [-0.2, -0.15) is 10.2 Å². The molecule has 3 aromatic heterocycles. The quantitative estimate of drug-likeness (QED) is 0.425. The number of carbonyl (C=O) groups is 1. The van der Waals surface area contributed by atoms with E-state index in [2.05, 4.69) is 25.6 Å². The Hall–Kier alpha value is -3.70. The number of aliphatic hydroxyl groups excluding tert-OH is 1. The molecule has 2 atom stereocenters. The Morgan fingerprint density at radius 3 is 2.82 bits per heavy atom. The Morgan fingerprint density at radius 1 is 1.24 bits per heavy atom. The predicted molar refractivity (Wildman–Crippen MR) is 113 cm³/mol. The van der Waals surface area contributed by atoms with Gasteiger partial charge in [-0.15, -0.1) is 0 Å². The molecule has 1 aromatic carbocycles. The van der Waals surface area contributed by atoms with Crippen LogP contribution in [0.3, 0.4) is 0 Å². The first-order valence-corrected chi connectivity index (χ1v) is 10.4. The zero-order valence-corrected chi connectivity index (χ0v) is 17.3. The van der Waals surface area contributed by atoms with Gasteiger partial charge in [-0.25, -0.2) is 8.78 Å². The van der Waals surface area contributed by atoms with Gasteiger partial charge < -0.3 is 15.2 Å². The van der Waals surface area contributed by atoms with E-state index >= 15 is 0 Å². The van der Waals surface area contributed by atoms with Crippen molar-refractivity contribution in [2.75, 3.05) is 13.2 Å². The lowest BCUT2D eigenvalue weighted by molar-refractivity contribution is -0.0261. The molecule has 170 valence electrons. The van der Waals surface area contributed by atoms with Gasteiger partial charge in [0, 0.05) is 24.6 Å². The van der Waals surface area contributed by atoms with Crippen molar-refractivity contribution < 1.29 is 23.4 Å². The third-order valence-corrected chi connectivity index (χ3v) is 5.60. The molecule has 1 saturated heterocycles. The number of hydrogen-bond acceptors (Lipinski definition) is 6. The fourth-order valence-corrected chi connectivity index (χ4v) is 3.89. The van der Waals surface area contributed by atoms with Gasteiger partial charge in [0.15, 0.2) is 5.69 Å². The van der Waals surface area contributed by atoms with Crippen LogP contribution in [0.5, 0.6) is 0 Å². The lowest BCUT2D eigenvalue weighted by Crippen LogP contribution is -2.48. The number of nitrogens with zero attached hydrogens (tertiary/aromatic N) is 4. The molecule has 0 bridgehead atoms. The van der Waals surface area contributed by atoms with E-state index in [-0.39, 0.29) is 29.7 Å². The summed E-state index contributed by atoms with van der Waals surface area (Å²) >= 11 is 0. The number of ether oxygens (including phenoxy) is 1. The summed E-state index contributed by atoms with van der Waals surface area (Å²) < 4.78 is 35.9. The lowest BCUT2D eigenvalue weighted by Gasteiger charge is -2.28. The normalized spacial score (nSPS) is 18.5. The zero-order chi connectivity index (χ0) is 22.9. The van der Waals surface area contributed by atoms with Crippen LogP contribution < -0.4 is 5.32 Å². The number of fused-ring (bicyclic) bond motifs is 1. The van der Waals surface area contributed by atoms with Crippen molar-refractivity contribution in [1.29, 1.82) is 0 Å². The van der Waals surface area contributed by atoms with Gasteiger partial charge in [0.25, 0.3) is 5.91 Å². The molecule has 3 N–H and O–H groups in total. The maximum absolute atomic E-state index is 14.7. The Morgan fingerprint density at radius 2 is 2.09 bits per heavy atom. The molecule has 5 rings (SSSR count). The molecule has 0 saturated carbocycles. The molecular formula is C22H20F2N6O3. The van der Waals surface area contributed by atoms with Crippen LogP contribution in [0.4, 0.5) is 8.78 Å². The second-order valence-electron chi connectivity index (χ2n) is 7.81. The van der Waals surface area contributed by atoms with Crippen molar-refractivity contribution >= 4 is 16.8 Å². The van der Waals surface area contributed by atoms with Crippen LogP contribution >= 0.6 is 0 Å². The molecule has 2 unspecified atom stereocenters. The minimum absolute atomic E-state index is 0.0721. The van der Waals surface area contributed by atoms with Crippen molar-refractivity contribution in [1.82, 2.24) is 30.3 Å². The van der Waals surface area contributed by atoms with Gasteiger partial charge in [0.1, 0.15) is 17.2 Å². The van der Waals surface area contributed by atoms with Crippen LogP contribution in [-0.4, -0.2) is 61.3 Å². The second-order valence-corrected chi connectivity index (χ2v) is 7.81. The molecule has 1 amide bonds. The first kappa shape index (κ1) is 21.2. The Balaban J connectivity index is 1.48. The highest BCUT2D eigenvalue weighted by Crippen LogP contribution is 2.26. The Labute approximate surface area is 186 Å². The first-order valence-electron chi connectivity index (χ1n) is 10.4. The van der Waals surface area contributed by atoms with Crippen molar-refractivity contribution in [3.8, 4) is 11.3 Å². The predicted octanol–water partition coefficient (Wildman–Crippen LogP) is 2.03. The number of hydrogen-bond donors (Lipinski definition) is 3. The molecular weight excluding hydrogens is 434 g/mol. The molecule has 1 aliphatic heterocycles. The first-order chi connectivity index (χ1) is 16.0. The van der Waals surface area contributed by atoms with E-state index in [0.29, 0.717) is 24.3 Å². The van der Waals surface area contributed by atoms with Gasteiger partial charge in [-0.1, -0.05) is 6.07 Å². The average Bonchev–Trinajstić information content (AvgIpc) is 3.48. The molecule has 11 heteroatoms. The topological polar surface area (TPSA) is 118 Å². The highest BCUT2D eigenvalue weighted by Gasteiger charge is 2.29. The summed E-state index contributed by atoms with van der Waals surface area (Å²) in [6.45, 7) is 0.537. The summed E-state index contributed by atoms with van der Waals surface area (Å²) in [6, 6.07) is 4.97. The molecule has 33 heavy (non-hydrogen) atoms. The molecule has 1 aliphatic rings. The third kappa shape index (κ3) is 4.08. The largest absolute Gasteiger partial charge is 0.389 e. The molecule has 4 heterocycles. The Bertz CT molecular complexity index is 1290. The highest BCUT2D eigenvalue weighted by molar-refractivity contribution is 6.05. The molecule has 0 aliphatic carbocycles. The van der Waals surface area contributed by atoms with Crippen molar-refractivity contribution in [2.24, 2.45) is 0 Å². The van der Waals surface area contributed by atoms with Crippen LogP contribution in [0.1, 0.15) is 22.5 Å². The van der Waals surface area contributed by atoms with Crippen LogP contribution in [0.2, 0.25) is 0 Å². The fraction of sp³-hybridized carbons (Fsp3) is 0.273. The smallest absolute Gasteiger partial charge is 0.272 e. The molecule has 1 fully saturated rings. The minimum atomic E-state index is -0.891. The molecule has 4 aromatic rings. The number of H-pyrrole nitrogens is 1. The van der Waals surface area contributed by atoms with E-state index in [1.807, 2.05) is 0 Å². The van der Waals surface area contributed by atoms with Crippen molar-refractivity contribution in [2.45, 2.75) is 25.1 Å². The van der Waals surface area contributed by atoms with E-state index in [1.165, 1.54) is 4.68 Å². The SMILES string of the molecule is O=C(NC1CCOCC1O)c1nn(Cc2ccc(-c3cn[nH]c3)nc2)c2c(F)ccc(F)c12. The molecule has 0 spiro atoms. The zero-order valence-electron chi connectivity index (χ0n) is 17.3. The van der Waals surface area contributed by atoms with Crippen molar-refractivity contribution in [3.05, 3.63) is 65.7 Å². The van der Waals surface area contributed by atoms with E-state index in [1.54, 1.807) is 30.7 Å². The molecule has 0 radical (unpaired) electrons. The summed E-state index contributed by atoms with van der Waals surface area (Å²) in [5.41, 5.74) is 1.83. The number of rotatable bonds is 5. The number of benzene rings is 1. The summed E-state index contributed by atoms with van der Waals surface area (Å²) in [4.78, 5) is 17.3. The van der Waals surface area contributed by atoms with Crippen LogP contribution in [-0.2, 0) is 11.3 Å². The van der Waals surface area contributed by atoms with Crippen LogP contribution in [0.15, 0.2) is 42.9 Å². The minimum Gasteiger partial charge on any atom is -0.389 e. The van der Waals surface area contributed by atoms with E-state index in [9.17, 15) is 18.7 Å². The lowest BCUT2D eigenvalue weighted by atomic mass is 10.1. The van der Waals surface area contributed by atoms with Crippen molar-refractivity contribution in [3.63, 3.8) is 0 Å². The standard InChI is InChI=1S/C22H20F2N6O3/c23-14-2-3-15(24)21-19(14)20(22(32)28-17-5-6-33-11-18(17)31)29-30(21)10-12-1-4-16(25-7-12)13-8-26-27-9-13/h1-4,7-9,17-18,31H,5-6,10-11H2,(H,26,27)(H,28,32). The van der Waals surface area contributed by atoms with E-state index < -0.39 is 29.7 Å². The number of halogens is 2. The summed E-state index contributed by atoms with van der Waals surface area (Å²) in [5.74, 6) is -2.15. The van der Waals surface area contributed by atoms with E-state index in [0.717, 1.165) is 17.7 Å². The number of amides is 1. The van der Waals surface area contributed by atoms with Gasteiger partial charge in [0.05, 0.1) is 42.6 Å². The number of aromatic nitrogens is 5. The number of aliphatic hydroxyl groups is 1. The second kappa shape index (κ2) is 8.68. The number of aromatic amines is 1. The van der Waals surface area contributed by atoms with Gasteiger partial charge in [0.2, 0.25) is 0 Å². The number of carbonyl (C=O) groups excluding carboxylic acids is 1. The van der Waals surface area contributed by atoms with Crippen LogP contribution in [0.25, 0.3) is 22.2 Å². The average molecular weight is 454 g/mol. The van der Waals surface area contributed by atoms with Gasteiger partial charge in [-0.3, -0.25) is 19.6 Å². The summed E-state index contributed by atoms with van der Waals surface area (Å²) in [6.07, 6.45) is 4.46. The number of nitrogens with one attached hydrogen (secondary N) is 2.